The fourth-order valence-electron chi connectivity index (χ4n) is 6.18. The molecule has 0 atom stereocenters. The number of fused-ring (bicyclic) bond motifs is 8. The lowest BCUT2D eigenvalue weighted by atomic mass is 9.37. The zero-order chi connectivity index (χ0) is 40.5. The van der Waals surface area contributed by atoms with Crippen LogP contribution in [0.3, 0.4) is 0 Å². The molecule has 7 aromatic carbocycles. The molecule has 43 heavy (non-hydrogen) atoms. The largest absolute Gasteiger partial charge is 0.354 e. The molecule has 3 heteroatoms. The maximum Gasteiger partial charge on any atom is 0.241 e. The van der Waals surface area contributed by atoms with Gasteiger partial charge >= 0.3 is 0 Å². The Bertz CT molecular complexity index is 3110. The minimum absolute atomic E-state index is 0.139. The first-order chi connectivity index (χ1) is 27.1. The predicted octanol–water partition coefficient (Wildman–Crippen LogP) is 8.09. The Balaban J connectivity index is 1.43. The number of para-hydroxylation sites is 1. The monoisotopic (exact) mass is 560 g/mol. The first-order valence-corrected chi connectivity index (χ1v) is 13.8. The minimum Gasteiger partial charge on any atom is -0.354 e. The topological polar surface area (TPSA) is 20.7 Å². The molecular weight excluding hydrogens is 519 g/mol. The van der Waals surface area contributed by atoms with Gasteiger partial charge in [-0.25, -0.2) is 0 Å². The number of aromatic amines is 1. The number of rotatable bonds is 4. The zero-order valence-electron chi connectivity index (χ0n) is 36.5. The Morgan fingerprint density at radius 2 is 1.16 bits per heavy atom. The van der Waals surface area contributed by atoms with Gasteiger partial charge in [0.15, 0.2) is 0 Å². The zero-order valence-corrected chi connectivity index (χ0v) is 22.5. The van der Waals surface area contributed by atoms with Crippen molar-refractivity contribution < 1.29 is 19.2 Å². The van der Waals surface area contributed by atoms with Crippen LogP contribution in [0.25, 0.3) is 60.1 Å². The van der Waals surface area contributed by atoms with E-state index in [1.807, 2.05) is 72.8 Å². The second kappa shape index (κ2) is 9.50. The molecule has 0 aliphatic heterocycles. The van der Waals surface area contributed by atoms with Gasteiger partial charge in [0, 0.05) is 38.3 Å². The van der Waals surface area contributed by atoms with Crippen LogP contribution in [-0.4, -0.2) is 16.3 Å². The Morgan fingerprint density at radius 1 is 0.512 bits per heavy atom. The summed E-state index contributed by atoms with van der Waals surface area (Å²) in [4.78, 5) is 3.45. The molecule has 0 spiro atoms. The number of benzene rings is 7. The van der Waals surface area contributed by atoms with Gasteiger partial charge < -0.3 is 9.55 Å². The van der Waals surface area contributed by atoms with Gasteiger partial charge in [0.1, 0.15) is 0 Å². The Hall–Kier alpha value is -5.54. The van der Waals surface area contributed by atoms with Gasteiger partial charge in [-0.1, -0.05) is 137 Å². The van der Waals surface area contributed by atoms with Crippen LogP contribution in [0.15, 0.2) is 157 Å². The highest BCUT2D eigenvalue weighted by atomic mass is 15.0. The summed E-state index contributed by atoms with van der Waals surface area (Å²) in [6.07, 6.45) is 0. The number of hydrogen-bond acceptors (Lipinski definition) is 0. The predicted molar refractivity (Wildman–Crippen MR) is 185 cm³/mol. The van der Waals surface area contributed by atoms with Gasteiger partial charge in [0.25, 0.3) is 0 Å². The first-order valence-electron chi connectivity index (χ1n) is 20.8. The summed E-state index contributed by atoms with van der Waals surface area (Å²) in [6, 6.07) is 13.1. The van der Waals surface area contributed by atoms with Crippen LogP contribution < -0.4 is 16.4 Å². The van der Waals surface area contributed by atoms with E-state index < -0.39 is 108 Å². The number of hydrogen-bond donors (Lipinski definition) is 1. The molecule has 0 saturated heterocycles. The number of H-pyrrole nitrogens is 1. The molecule has 9 aromatic rings. The lowest BCUT2D eigenvalue weighted by Gasteiger charge is -2.16. The Kier molecular flexibility index (Phi) is 3.11. The van der Waals surface area contributed by atoms with Gasteiger partial charge in [-0.2, -0.15) is 0 Å². The molecule has 0 saturated carbocycles. The molecule has 0 aliphatic rings. The molecule has 0 aliphatic carbocycles. The van der Waals surface area contributed by atoms with Crippen LogP contribution in [0.4, 0.5) is 0 Å². The van der Waals surface area contributed by atoms with Gasteiger partial charge in [-0.3, -0.25) is 0 Å². The molecule has 0 amide bonds. The molecule has 9 rings (SSSR count). The van der Waals surface area contributed by atoms with Crippen LogP contribution in [0.5, 0.6) is 0 Å². The summed E-state index contributed by atoms with van der Waals surface area (Å²) in [5, 5.41) is 5.38. The highest BCUT2D eigenvalue weighted by molar-refractivity contribution is 6.95. The molecule has 1 N–H and O–H groups in total. The normalized spacial score (nSPS) is 16.3. The third-order valence-electron chi connectivity index (χ3n) is 8.04. The fourth-order valence-corrected chi connectivity index (χ4v) is 6.18. The van der Waals surface area contributed by atoms with E-state index in [-0.39, 0.29) is 5.69 Å². The maximum absolute atomic E-state index is 9.57. The second-order valence-electron chi connectivity index (χ2n) is 10.4. The smallest absolute Gasteiger partial charge is 0.241 e. The van der Waals surface area contributed by atoms with Crippen molar-refractivity contribution in [2.75, 3.05) is 0 Å². The number of aromatic nitrogens is 2. The molecule has 2 heterocycles. The average molecular weight is 561 g/mol. The van der Waals surface area contributed by atoms with Crippen LogP contribution >= 0.6 is 0 Å². The van der Waals surface area contributed by atoms with Crippen LogP contribution in [0.1, 0.15) is 19.2 Å². The summed E-state index contributed by atoms with van der Waals surface area (Å²) in [6.45, 7) is -1.91. The van der Waals surface area contributed by atoms with E-state index in [1.54, 1.807) is 4.57 Å². The van der Waals surface area contributed by atoms with Crippen molar-refractivity contribution in [2.45, 2.75) is 0 Å². The van der Waals surface area contributed by atoms with Crippen LogP contribution in [0.2, 0.25) is 0 Å². The van der Waals surface area contributed by atoms with Gasteiger partial charge in [-0.15, -0.1) is 0 Å². The third kappa shape index (κ3) is 3.75. The summed E-state index contributed by atoms with van der Waals surface area (Å²) < 4.78 is 125. The highest BCUT2D eigenvalue weighted by Crippen LogP contribution is 2.39. The summed E-state index contributed by atoms with van der Waals surface area (Å²) in [5.74, 6) is 0. The van der Waals surface area contributed by atoms with E-state index in [9.17, 15) is 5.48 Å². The summed E-state index contributed by atoms with van der Waals surface area (Å²) in [7, 11) is 0. The van der Waals surface area contributed by atoms with Gasteiger partial charge in [0.05, 0.1) is 30.2 Å². The Morgan fingerprint density at radius 3 is 1.91 bits per heavy atom. The molecule has 0 bridgehead atoms. The van der Waals surface area contributed by atoms with E-state index >= 15 is 0 Å². The van der Waals surface area contributed by atoms with E-state index in [2.05, 4.69) is 4.98 Å². The quantitative estimate of drug-likeness (QED) is 0.210. The first kappa shape index (κ1) is 14.1. The summed E-state index contributed by atoms with van der Waals surface area (Å²) >= 11 is 0. The van der Waals surface area contributed by atoms with E-state index in [0.717, 1.165) is 43.4 Å². The molecular formula is C40H27BN2. The molecule has 2 aromatic heterocycles. The van der Waals surface area contributed by atoms with Crippen molar-refractivity contribution in [1.82, 2.24) is 9.55 Å². The minimum atomic E-state index is -1.91. The standard InChI is InChI=1S/C40H27BN2/c1-3-12-28(13-4-1)41(29-14-5-2-6-15-29)30-20-22-31(23-21-30)43-38-24-19-27-11-7-8-16-32(27)40(38)35-25-34-33-17-9-10-18-36(33)42-37(34)26-39(35)43/h1-26,42H/i1D,2D,3D,4D,5D,6D,12D,13D,14D,15D,20D,21D,22D,23D. The molecule has 0 unspecified atom stereocenters. The van der Waals surface area contributed by atoms with Crippen molar-refractivity contribution in [3.63, 3.8) is 0 Å². The molecule has 0 radical (unpaired) electrons. The molecule has 0 fully saturated rings. The highest BCUT2D eigenvalue weighted by Gasteiger charge is 2.22. The SMILES string of the molecule is [2H]c1c([2H])c([2H])c(B(c2c([2H])c([2H])c([2H])c([2H])c2[2H])c2c([2H])c([2H])c(-n3c4cc5[nH]c6ccccc6c5cc4c4c5ccccc5ccc43)c([2H])c2[2H])c([2H])c1[2H]. The van der Waals surface area contributed by atoms with Crippen molar-refractivity contribution in [1.29, 1.82) is 0 Å². The number of nitrogens with one attached hydrogen (secondary N) is 1. The van der Waals surface area contributed by atoms with E-state index in [4.69, 9.17) is 13.7 Å². The van der Waals surface area contributed by atoms with Gasteiger partial charge in [0.2, 0.25) is 6.71 Å². The van der Waals surface area contributed by atoms with Crippen LogP contribution in [0, 0.1) is 0 Å². The van der Waals surface area contributed by atoms with E-state index in [1.165, 1.54) is 0 Å². The van der Waals surface area contributed by atoms with E-state index in [0.29, 0.717) is 11.0 Å². The lowest BCUT2D eigenvalue weighted by Crippen LogP contribution is -2.51. The Labute approximate surface area is 269 Å². The van der Waals surface area contributed by atoms with Crippen molar-refractivity contribution >= 4 is 77.5 Å². The van der Waals surface area contributed by atoms with Crippen molar-refractivity contribution in [2.24, 2.45) is 0 Å². The molecule has 200 valence electrons. The molecule has 2 nitrogen and oxygen atoms in total. The third-order valence-corrected chi connectivity index (χ3v) is 8.04. The van der Waals surface area contributed by atoms with Crippen molar-refractivity contribution in [3.05, 3.63) is 157 Å². The van der Waals surface area contributed by atoms with Crippen molar-refractivity contribution in [3.8, 4) is 5.69 Å². The second-order valence-corrected chi connectivity index (χ2v) is 10.4. The lowest BCUT2D eigenvalue weighted by molar-refractivity contribution is 1.18. The van der Waals surface area contributed by atoms with Crippen LogP contribution in [-0.2, 0) is 0 Å². The van der Waals surface area contributed by atoms with Gasteiger partial charge in [-0.05, 0) is 47.1 Å². The maximum atomic E-state index is 9.57. The number of nitrogens with zero attached hydrogens (tertiary/aromatic N) is 1. The average Bonchev–Trinajstić information content (AvgIpc) is 3.74. The fraction of sp³-hybridized carbons (Fsp3) is 0. The summed E-state index contributed by atoms with van der Waals surface area (Å²) in [5.41, 5.74) is 1.06.